The summed E-state index contributed by atoms with van der Waals surface area (Å²) in [6, 6.07) is 19.6. The summed E-state index contributed by atoms with van der Waals surface area (Å²) >= 11 is 0. The first-order valence-corrected chi connectivity index (χ1v) is 12.0. The highest BCUT2D eigenvalue weighted by atomic mass is 32.2. The number of hydrogen-bond donors (Lipinski definition) is 1. The summed E-state index contributed by atoms with van der Waals surface area (Å²) in [5.41, 5.74) is 0.367. The highest BCUT2D eigenvalue weighted by Crippen LogP contribution is 2.31. The van der Waals surface area contributed by atoms with Gasteiger partial charge in [-0.3, -0.25) is 9.78 Å². The third-order valence-corrected chi connectivity index (χ3v) is 6.61. The van der Waals surface area contributed by atoms with E-state index in [0.717, 1.165) is 6.07 Å². The summed E-state index contributed by atoms with van der Waals surface area (Å²) < 4.78 is 55.1. The quantitative estimate of drug-likeness (QED) is 0.402. The minimum Gasteiger partial charge on any atom is -0.268 e. The van der Waals surface area contributed by atoms with E-state index in [9.17, 15) is 22.0 Å². The molecule has 0 aliphatic carbocycles. The Kier molecular flexibility index (Phi) is 6.40. The first kappa shape index (κ1) is 24.1. The Morgan fingerprint density at radius 1 is 0.800 bits per heavy atom. The summed E-state index contributed by atoms with van der Waals surface area (Å²) in [6.45, 7) is 3.55. The molecule has 1 N–H and O–H groups in total. The number of amides is 1. The van der Waals surface area contributed by atoms with Crippen LogP contribution in [-0.2, 0) is 15.4 Å². The van der Waals surface area contributed by atoms with Crippen LogP contribution in [0.3, 0.4) is 0 Å². The van der Waals surface area contributed by atoms with E-state index in [4.69, 9.17) is 0 Å². The fraction of sp³-hybridized carbons (Fsp3) is 0.120. The van der Waals surface area contributed by atoms with Crippen LogP contribution in [0.2, 0.25) is 0 Å². The monoisotopic (exact) mass is 494 g/mol. The zero-order chi connectivity index (χ0) is 25.2. The van der Waals surface area contributed by atoms with E-state index >= 15 is 0 Å². The molecule has 0 bridgehead atoms. The standard InChI is InChI=1S/C25H20F2N4O3S/c1-25(2,19-11-6-10-18(28-19)17-14-15-21(26)30-23(17)27)20-12-7-13-22(29-20)35(33,34)31-24(32)16-8-4-3-5-9-16/h3-15H,1-2H3,(H,31,32). The Balaban J connectivity index is 1.66. The third kappa shape index (κ3) is 5.07. The van der Waals surface area contributed by atoms with Crippen molar-refractivity contribution >= 4 is 15.9 Å². The molecule has 3 heterocycles. The topological polar surface area (TPSA) is 102 Å². The van der Waals surface area contributed by atoms with E-state index in [0.29, 0.717) is 11.4 Å². The number of hydrogen-bond acceptors (Lipinski definition) is 6. The normalized spacial score (nSPS) is 11.8. The van der Waals surface area contributed by atoms with E-state index in [1.165, 1.54) is 30.3 Å². The van der Waals surface area contributed by atoms with Gasteiger partial charge in [-0.2, -0.15) is 22.2 Å². The van der Waals surface area contributed by atoms with Gasteiger partial charge >= 0.3 is 0 Å². The van der Waals surface area contributed by atoms with Crippen LogP contribution in [0.5, 0.6) is 0 Å². The maximum Gasteiger partial charge on any atom is 0.281 e. The molecule has 0 saturated carbocycles. The molecule has 4 aromatic rings. The molecule has 0 aliphatic heterocycles. The molecule has 1 amide bonds. The fourth-order valence-electron chi connectivity index (χ4n) is 3.40. The lowest BCUT2D eigenvalue weighted by atomic mass is 9.84. The van der Waals surface area contributed by atoms with Crippen molar-refractivity contribution < 1.29 is 22.0 Å². The summed E-state index contributed by atoms with van der Waals surface area (Å²) in [6.07, 6.45) is 0. The molecule has 0 unspecified atom stereocenters. The number of carbonyl (C=O) groups is 1. The maximum absolute atomic E-state index is 14.2. The van der Waals surface area contributed by atoms with Crippen molar-refractivity contribution in [3.63, 3.8) is 0 Å². The predicted molar refractivity (Wildman–Crippen MR) is 125 cm³/mol. The summed E-state index contributed by atoms with van der Waals surface area (Å²) in [4.78, 5) is 24.4. The number of nitrogens with one attached hydrogen (secondary N) is 1. The first-order chi connectivity index (χ1) is 16.6. The SMILES string of the molecule is CC(C)(c1cccc(-c2ccc(F)nc2F)n1)c1cccc(S(=O)(=O)NC(=O)c2ccccc2)n1. The number of nitrogens with zero attached hydrogens (tertiary/aromatic N) is 3. The molecular formula is C25H20F2N4O3S. The van der Waals surface area contributed by atoms with Gasteiger partial charge in [0.05, 0.1) is 22.6 Å². The smallest absolute Gasteiger partial charge is 0.268 e. The fourth-order valence-corrected chi connectivity index (χ4v) is 4.35. The van der Waals surface area contributed by atoms with Gasteiger partial charge < -0.3 is 0 Å². The van der Waals surface area contributed by atoms with Gasteiger partial charge in [-0.15, -0.1) is 0 Å². The molecule has 7 nitrogen and oxygen atoms in total. The van der Waals surface area contributed by atoms with Gasteiger partial charge in [0.15, 0.2) is 5.03 Å². The van der Waals surface area contributed by atoms with Gasteiger partial charge in [-0.25, -0.2) is 9.71 Å². The van der Waals surface area contributed by atoms with Gasteiger partial charge in [0, 0.05) is 11.0 Å². The molecule has 178 valence electrons. The molecule has 0 radical (unpaired) electrons. The number of pyridine rings is 3. The van der Waals surface area contributed by atoms with Gasteiger partial charge in [0.2, 0.25) is 11.9 Å². The average molecular weight is 495 g/mol. The van der Waals surface area contributed by atoms with Crippen molar-refractivity contribution in [1.82, 2.24) is 19.7 Å². The minimum atomic E-state index is -4.26. The molecule has 35 heavy (non-hydrogen) atoms. The van der Waals surface area contributed by atoms with Crippen LogP contribution in [0.25, 0.3) is 11.3 Å². The lowest BCUT2D eigenvalue weighted by Gasteiger charge is -2.24. The van der Waals surface area contributed by atoms with Crippen molar-refractivity contribution in [3.05, 3.63) is 108 Å². The van der Waals surface area contributed by atoms with Crippen LogP contribution >= 0.6 is 0 Å². The lowest BCUT2D eigenvalue weighted by Crippen LogP contribution is -2.32. The van der Waals surface area contributed by atoms with Crippen LogP contribution in [-0.4, -0.2) is 29.3 Å². The number of carbonyl (C=O) groups excluding carboxylic acids is 1. The van der Waals surface area contributed by atoms with Crippen molar-refractivity contribution in [2.24, 2.45) is 0 Å². The molecule has 0 spiro atoms. The molecule has 1 aromatic carbocycles. The molecule has 0 fully saturated rings. The van der Waals surface area contributed by atoms with E-state index < -0.39 is 33.2 Å². The molecule has 4 rings (SSSR count). The molecular weight excluding hydrogens is 474 g/mol. The lowest BCUT2D eigenvalue weighted by molar-refractivity contribution is 0.0981. The van der Waals surface area contributed by atoms with Crippen LogP contribution in [0.4, 0.5) is 8.78 Å². The van der Waals surface area contributed by atoms with E-state index in [1.54, 1.807) is 56.3 Å². The van der Waals surface area contributed by atoms with Gasteiger partial charge in [-0.05, 0) is 62.4 Å². The molecule has 3 aromatic heterocycles. The zero-order valence-corrected chi connectivity index (χ0v) is 19.6. The van der Waals surface area contributed by atoms with Crippen LogP contribution in [0, 0.1) is 11.9 Å². The van der Waals surface area contributed by atoms with Crippen molar-refractivity contribution in [1.29, 1.82) is 0 Å². The number of halogens is 2. The number of benzene rings is 1. The largest absolute Gasteiger partial charge is 0.281 e. The Hall–Kier alpha value is -4.05. The summed E-state index contributed by atoms with van der Waals surface area (Å²) in [5, 5.41) is -0.336. The van der Waals surface area contributed by atoms with Crippen molar-refractivity contribution in [2.45, 2.75) is 24.3 Å². The Bertz CT molecular complexity index is 1510. The second-order valence-electron chi connectivity index (χ2n) is 8.17. The maximum atomic E-state index is 14.2. The van der Waals surface area contributed by atoms with E-state index in [2.05, 4.69) is 15.0 Å². The van der Waals surface area contributed by atoms with Crippen molar-refractivity contribution in [2.75, 3.05) is 0 Å². The van der Waals surface area contributed by atoms with Gasteiger partial charge in [0.1, 0.15) is 0 Å². The second-order valence-corrected chi connectivity index (χ2v) is 9.80. The summed E-state index contributed by atoms with van der Waals surface area (Å²) in [7, 11) is -4.26. The average Bonchev–Trinajstić information content (AvgIpc) is 2.84. The highest BCUT2D eigenvalue weighted by Gasteiger charge is 2.29. The Labute approximate surface area is 201 Å². The minimum absolute atomic E-state index is 0.0250. The number of aromatic nitrogens is 3. The summed E-state index contributed by atoms with van der Waals surface area (Å²) in [5.74, 6) is -2.71. The van der Waals surface area contributed by atoms with Crippen molar-refractivity contribution in [3.8, 4) is 11.3 Å². The Morgan fingerprint density at radius 3 is 2.14 bits per heavy atom. The molecule has 0 saturated heterocycles. The number of rotatable bonds is 6. The Morgan fingerprint density at radius 2 is 1.46 bits per heavy atom. The number of sulfonamides is 1. The van der Waals surface area contributed by atoms with Crippen LogP contribution in [0.15, 0.2) is 83.9 Å². The second kappa shape index (κ2) is 9.30. The van der Waals surface area contributed by atoms with E-state index in [1.807, 2.05) is 4.72 Å². The van der Waals surface area contributed by atoms with Crippen LogP contribution in [0.1, 0.15) is 35.6 Å². The van der Waals surface area contributed by atoms with Crippen LogP contribution < -0.4 is 4.72 Å². The first-order valence-electron chi connectivity index (χ1n) is 10.5. The molecule has 10 heteroatoms. The predicted octanol–water partition coefficient (Wildman–Crippen LogP) is 4.26. The van der Waals surface area contributed by atoms with Gasteiger partial charge in [-0.1, -0.05) is 30.3 Å². The molecule has 0 atom stereocenters. The third-order valence-electron chi connectivity index (χ3n) is 5.38. The van der Waals surface area contributed by atoms with E-state index in [-0.39, 0.29) is 21.8 Å². The van der Waals surface area contributed by atoms with Gasteiger partial charge in [0.25, 0.3) is 15.9 Å². The zero-order valence-electron chi connectivity index (χ0n) is 18.7. The highest BCUT2D eigenvalue weighted by molar-refractivity contribution is 7.90. The molecule has 0 aliphatic rings.